The molecule has 0 fully saturated rings. The van der Waals surface area contributed by atoms with Crippen molar-refractivity contribution in [3.63, 3.8) is 0 Å². The topological polar surface area (TPSA) is 108 Å². The summed E-state index contributed by atoms with van der Waals surface area (Å²) in [6.07, 6.45) is -2.37. The van der Waals surface area contributed by atoms with E-state index in [1.807, 2.05) is 0 Å². The molecule has 29 heavy (non-hydrogen) atoms. The number of carbonyl (C=O) groups excluding carboxylic acids is 1. The molecular weight excluding hydrogens is 393 g/mol. The van der Waals surface area contributed by atoms with E-state index >= 15 is 0 Å². The Bertz CT molecular complexity index is 1230. The standard InChI is InChI=1S/C17H11F3N6O3/c1-29-14(28)11-8-25(16-21-15(22-23-16)17(18,19)20)7-10-12(11)24-26(13(10)27)9-5-3-2-4-6-9/h2-8H,1H3,(H,21,22,23). The lowest BCUT2D eigenvalue weighted by molar-refractivity contribution is -0.144. The molecule has 3 heterocycles. The van der Waals surface area contributed by atoms with Gasteiger partial charge in [0, 0.05) is 12.4 Å². The van der Waals surface area contributed by atoms with Crippen LogP contribution >= 0.6 is 0 Å². The summed E-state index contributed by atoms with van der Waals surface area (Å²) in [6, 6.07) is 8.45. The first-order valence-corrected chi connectivity index (χ1v) is 8.08. The van der Waals surface area contributed by atoms with Gasteiger partial charge in [-0.2, -0.15) is 27.9 Å². The number of hydrogen-bond donors (Lipinski definition) is 1. The number of nitrogens with zero attached hydrogens (tertiary/aromatic N) is 5. The maximum absolute atomic E-state index is 12.8. The van der Waals surface area contributed by atoms with Gasteiger partial charge in [0.15, 0.2) is 0 Å². The third kappa shape index (κ3) is 3.13. The minimum atomic E-state index is -4.73. The molecule has 12 heteroatoms. The van der Waals surface area contributed by atoms with Crippen molar-refractivity contribution in [1.82, 2.24) is 29.5 Å². The lowest BCUT2D eigenvalue weighted by Gasteiger charge is -2.08. The largest absolute Gasteiger partial charge is 0.465 e. The highest BCUT2D eigenvalue weighted by Crippen LogP contribution is 2.27. The Morgan fingerprint density at radius 2 is 1.90 bits per heavy atom. The molecule has 1 aromatic heterocycles. The second kappa shape index (κ2) is 6.58. The van der Waals surface area contributed by atoms with E-state index in [-0.39, 0.29) is 16.8 Å². The normalized spacial score (nSPS) is 11.7. The van der Waals surface area contributed by atoms with Gasteiger partial charge in [0.1, 0.15) is 11.3 Å². The highest BCUT2D eigenvalue weighted by molar-refractivity contribution is 5.96. The highest BCUT2D eigenvalue weighted by Gasteiger charge is 2.35. The first-order chi connectivity index (χ1) is 13.8. The van der Waals surface area contributed by atoms with Gasteiger partial charge in [0.05, 0.1) is 18.4 Å². The van der Waals surface area contributed by atoms with Crippen LogP contribution < -0.4 is 5.56 Å². The van der Waals surface area contributed by atoms with Crippen molar-refractivity contribution in [2.45, 2.75) is 6.18 Å². The molecule has 0 unspecified atom stereocenters. The molecule has 2 aromatic rings. The summed E-state index contributed by atoms with van der Waals surface area (Å²) in [7, 11) is 1.13. The lowest BCUT2D eigenvalue weighted by Crippen LogP contribution is -2.15. The van der Waals surface area contributed by atoms with Crippen LogP contribution in [0, 0.1) is 0 Å². The van der Waals surface area contributed by atoms with Crippen molar-refractivity contribution in [2.24, 2.45) is 0 Å². The molecule has 2 aliphatic heterocycles. The van der Waals surface area contributed by atoms with Crippen LogP contribution in [0.4, 0.5) is 13.2 Å². The Hall–Kier alpha value is -3.96. The first-order valence-electron chi connectivity index (χ1n) is 8.08. The van der Waals surface area contributed by atoms with Crippen LogP contribution in [0.2, 0.25) is 0 Å². The SMILES string of the molecule is COC(=O)c1cn(-c2n[nH]c(C(F)(F)F)n2)cc2c(=O)n(-c3ccccc3)nc1-2. The van der Waals surface area contributed by atoms with E-state index in [1.165, 1.54) is 6.20 Å². The van der Waals surface area contributed by atoms with E-state index in [1.54, 1.807) is 35.4 Å². The maximum Gasteiger partial charge on any atom is 0.451 e. The molecule has 0 saturated heterocycles. The van der Waals surface area contributed by atoms with Crippen molar-refractivity contribution in [1.29, 1.82) is 0 Å². The Kier molecular flexibility index (Phi) is 4.18. The van der Waals surface area contributed by atoms with Gasteiger partial charge in [-0.1, -0.05) is 18.2 Å². The quantitative estimate of drug-likeness (QED) is 0.524. The Balaban J connectivity index is 1.95. The van der Waals surface area contributed by atoms with Crippen LogP contribution in [0.3, 0.4) is 0 Å². The number of carbonyl (C=O) groups is 1. The van der Waals surface area contributed by atoms with Crippen LogP contribution in [0.25, 0.3) is 22.9 Å². The number of rotatable bonds is 3. The highest BCUT2D eigenvalue weighted by atomic mass is 19.4. The average molecular weight is 404 g/mol. The van der Waals surface area contributed by atoms with E-state index < -0.39 is 29.5 Å². The molecular formula is C17H11F3N6O3. The van der Waals surface area contributed by atoms with Crippen molar-refractivity contribution >= 4 is 5.97 Å². The average Bonchev–Trinajstić information content (AvgIpc) is 3.33. The molecule has 0 amide bonds. The summed E-state index contributed by atoms with van der Waals surface area (Å²) in [6.45, 7) is 0. The maximum atomic E-state index is 12.8. The molecule has 0 bridgehead atoms. The number of halogens is 3. The van der Waals surface area contributed by atoms with E-state index in [0.717, 1.165) is 22.6 Å². The number of fused-ring (bicyclic) bond motifs is 1. The van der Waals surface area contributed by atoms with Gasteiger partial charge in [-0.3, -0.25) is 14.5 Å². The predicted octanol–water partition coefficient (Wildman–Crippen LogP) is 2.05. The molecule has 148 valence electrons. The molecule has 0 atom stereocenters. The van der Waals surface area contributed by atoms with Gasteiger partial charge in [0.25, 0.3) is 11.5 Å². The van der Waals surface area contributed by atoms with Crippen molar-refractivity contribution in [2.75, 3.05) is 7.11 Å². The van der Waals surface area contributed by atoms with Gasteiger partial charge in [-0.25, -0.2) is 4.79 Å². The summed E-state index contributed by atoms with van der Waals surface area (Å²) in [5.74, 6) is -2.55. The minimum absolute atomic E-state index is 0.0184. The van der Waals surface area contributed by atoms with Crippen molar-refractivity contribution < 1.29 is 22.7 Å². The number of alkyl halides is 3. The fraction of sp³-hybridized carbons (Fsp3) is 0.118. The van der Waals surface area contributed by atoms with Crippen LogP contribution in [-0.4, -0.2) is 42.6 Å². The zero-order valence-corrected chi connectivity index (χ0v) is 14.6. The molecule has 1 N–H and O–H groups in total. The summed E-state index contributed by atoms with van der Waals surface area (Å²) in [4.78, 5) is 28.4. The number of esters is 1. The Morgan fingerprint density at radius 1 is 1.17 bits per heavy atom. The van der Waals surface area contributed by atoms with Crippen LogP contribution in [0.5, 0.6) is 0 Å². The number of aromatic nitrogens is 6. The van der Waals surface area contributed by atoms with E-state index in [4.69, 9.17) is 4.74 Å². The number of aromatic amines is 1. The van der Waals surface area contributed by atoms with Crippen LogP contribution in [-0.2, 0) is 10.9 Å². The van der Waals surface area contributed by atoms with Crippen LogP contribution in [0.1, 0.15) is 16.2 Å². The smallest absolute Gasteiger partial charge is 0.451 e. The minimum Gasteiger partial charge on any atom is -0.465 e. The zero-order valence-electron chi connectivity index (χ0n) is 14.6. The number of hydrogen-bond acceptors (Lipinski definition) is 6. The number of benzene rings is 1. The summed E-state index contributed by atoms with van der Waals surface area (Å²) in [5.41, 5.74) is -0.232. The summed E-state index contributed by atoms with van der Waals surface area (Å²) >= 11 is 0. The van der Waals surface area contributed by atoms with E-state index in [2.05, 4.69) is 15.2 Å². The third-order valence-electron chi connectivity index (χ3n) is 4.05. The van der Waals surface area contributed by atoms with Crippen molar-refractivity contribution in [3.8, 4) is 22.9 Å². The number of para-hydroxylation sites is 1. The molecule has 0 radical (unpaired) electrons. The van der Waals surface area contributed by atoms with Gasteiger partial charge >= 0.3 is 12.1 Å². The molecule has 2 aliphatic rings. The molecule has 4 rings (SSSR count). The second-order valence-electron chi connectivity index (χ2n) is 5.87. The number of methoxy groups -OCH3 is 1. The molecule has 1 aromatic carbocycles. The van der Waals surface area contributed by atoms with Gasteiger partial charge in [0.2, 0.25) is 5.82 Å². The van der Waals surface area contributed by atoms with Gasteiger partial charge in [-0.05, 0) is 12.1 Å². The van der Waals surface area contributed by atoms with E-state index in [9.17, 15) is 22.8 Å². The Morgan fingerprint density at radius 3 is 2.52 bits per heavy atom. The predicted molar refractivity (Wildman–Crippen MR) is 92.1 cm³/mol. The van der Waals surface area contributed by atoms with Gasteiger partial charge < -0.3 is 4.74 Å². The number of ether oxygens (including phenoxy) is 1. The van der Waals surface area contributed by atoms with Gasteiger partial charge in [-0.15, -0.1) is 5.10 Å². The Labute approximate surface area is 159 Å². The molecule has 0 aliphatic carbocycles. The van der Waals surface area contributed by atoms with E-state index in [0.29, 0.717) is 5.69 Å². The second-order valence-corrected chi connectivity index (χ2v) is 5.87. The number of pyridine rings is 1. The first kappa shape index (κ1) is 18.4. The molecule has 0 saturated carbocycles. The third-order valence-corrected chi connectivity index (χ3v) is 4.05. The molecule has 0 spiro atoms. The zero-order chi connectivity index (χ0) is 20.8. The number of nitrogens with one attached hydrogen (secondary N) is 1. The summed E-state index contributed by atoms with van der Waals surface area (Å²) in [5, 5.41) is 9.48. The lowest BCUT2D eigenvalue weighted by atomic mass is 10.1. The van der Waals surface area contributed by atoms with Crippen molar-refractivity contribution in [3.05, 3.63) is 64.5 Å². The fourth-order valence-electron chi connectivity index (χ4n) is 2.72. The molecule has 9 nitrogen and oxygen atoms in total. The number of H-pyrrole nitrogens is 1. The summed E-state index contributed by atoms with van der Waals surface area (Å²) < 4.78 is 45.2. The fourth-order valence-corrected chi connectivity index (χ4v) is 2.72. The monoisotopic (exact) mass is 404 g/mol. The van der Waals surface area contributed by atoms with Crippen LogP contribution in [0.15, 0.2) is 47.5 Å².